The third-order valence-electron chi connectivity index (χ3n) is 4.48. The Labute approximate surface area is 119 Å². The van der Waals surface area contributed by atoms with Crippen LogP contribution in [0.25, 0.3) is 0 Å². The van der Waals surface area contributed by atoms with Gasteiger partial charge in [0.1, 0.15) is 0 Å². The second-order valence-corrected chi connectivity index (χ2v) is 17.5. The van der Waals surface area contributed by atoms with Crippen LogP contribution in [0.15, 0.2) is 21.5 Å². The van der Waals surface area contributed by atoms with Crippen LogP contribution >= 0.6 is 0 Å². The fourth-order valence-corrected chi connectivity index (χ4v) is 17.5. The minimum atomic E-state index is -1.98. The molecule has 0 unspecified atom stereocenters. The Hall–Kier alpha value is 0.363. The summed E-state index contributed by atoms with van der Waals surface area (Å²) in [6, 6.07) is 0. The number of unbranched alkanes of at least 4 members (excludes halogenated alkanes) is 3. The molecule has 104 valence electrons. The molecule has 18 heavy (non-hydrogen) atoms. The summed E-state index contributed by atoms with van der Waals surface area (Å²) in [7, 11) is 0. The summed E-state index contributed by atoms with van der Waals surface area (Å²) in [5.74, 6) is 0. The van der Waals surface area contributed by atoms with Crippen molar-refractivity contribution in [2.45, 2.75) is 78.1 Å². The van der Waals surface area contributed by atoms with Crippen LogP contribution < -0.4 is 0 Å². The molecule has 1 aliphatic rings. The van der Waals surface area contributed by atoms with Crippen LogP contribution in [0.4, 0.5) is 0 Å². The molecule has 0 saturated carbocycles. The average Bonchev–Trinajstić information content (AvgIpc) is 2.93. The van der Waals surface area contributed by atoms with Crippen molar-refractivity contribution in [2.24, 2.45) is 0 Å². The molecule has 0 N–H and O–H groups in total. The fraction of sp³-hybridized carbons (Fsp3) is 0.765. The monoisotopic (exact) mass is 326 g/mol. The van der Waals surface area contributed by atoms with E-state index < -0.39 is 20.3 Å². The van der Waals surface area contributed by atoms with E-state index in [1.165, 1.54) is 44.9 Å². The average molecular weight is 328 g/mol. The summed E-state index contributed by atoms with van der Waals surface area (Å²) in [6.07, 6.45) is 17.2. The van der Waals surface area contributed by atoms with Gasteiger partial charge in [0.25, 0.3) is 0 Å². The molecule has 0 amide bonds. The van der Waals surface area contributed by atoms with Crippen LogP contribution in [-0.4, -0.2) is 0 Å². The molecule has 0 saturated heterocycles. The summed E-state index contributed by atoms with van der Waals surface area (Å²) < 4.78 is 6.82. The Balaban J connectivity index is 2.76. The Morgan fingerprint density at radius 2 is 1.39 bits per heavy atom. The molecule has 1 aliphatic carbocycles. The molecule has 0 fully saturated rings. The first kappa shape index (κ1) is 16.4. The molecule has 0 radical (unpaired) electrons. The summed E-state index contributed by atoms with van der Waals surface area (Å²) >= 11 is -1.98. The van der Waals surface area contributed by atoms with Gasteiger partial charge in [0, 0.05) is 0 Å². The van der Waals surface area contributed by atoms with E-state index >= 15 is 0 Å². The van der Waals surface area contributed by atoms with Crippen LogP contribution in [-0.2, 0) is 20.3 Å². The summed E-state index contributed by atoms with van der Waals surface area (Å²) in [4.78, 5) is 0. The van der Waals surface area contributed by atoms with E-state index in [-0.39, 0.29) is 0 Å². The molecule has 0 aromatic heterocycles. The van der Waals surface area contributed by atoms with Crippen molar-refractivity contribution in [3.8, 4) is 0 Å². The minimum absolute atomic E-state index is 1.31. The molecular formula is C17H32Zr. The van der Waals surface area contributed by atoms with Gasteiger partial charge in [-0.05, 0) is 0 Å². The molecule has 0 atom stereocenters. The molecule has 0 spiro atoms. The Bertz CT molecular complexity index is 254. The van der Waals surface area contributed by atoms with E-state index in [1.807, 2.05) is 3.28 Å². The second-order valence-electron chi connectivity index (χ2n) is 5.92. The standard InChI is InChI=1S/C5H5.3C4H9.Zr/c1-2-4-5-3-1;3*1-3-4-2;/h1-3H,4H2;3*1,3-4H2,2H3;. The van der Waals surface area contributed by atoms with Crippen LogP contribution in [0.5, 0.6) is 0 Å². The van der Waals surface area contributed by atoms with Crippen LogP contribution in [0.2, 0.25) is 12.4 Å². The van der Waals surface area contributed by atoms with Gasteiger partial charge < -0.3 is 0 Å². The van der Waals surface area contributed by atoms with Gasteiger partial charge in [0.05, 0.1) is 0 Å². The maximum absolute atomic E-state index is 2.51. The van der Waals surface area contributed by atoms with Crippen molar-refractivity contribution in [2.75, 3.05) is 0 Å². The van der Waals surface area contributed by atoms with Crippen molar-refractivity contribution < 1.29 is 20.3 Å². The molecule has 1 rings (SSSR count). The molecule has 0 bridgehead atoms. The van der Waals surface area contributed by atoms with Crippen LogP contribution in [0.3, 0.4) is 0 Å². The normalized spacial score (nSPS) is 15.2. The van der Waals surface area contributed by atoms with Crippen molar-refractivity contribution in [1.29, 1.82) is 0 Å². The summed E-state index contributed by atoms with van der Waals surface area (Å²) in [6.45, 7) is 7.08. The van der Waals surface area contributed by atoms with E-state index in [4.69, 9.17) is 0 Å². The van der Waals surface area contributed by atoms with E-state index in [9.17, 15) is 0 Å². The zero-order valence-electron chi connectivity index (χ0n) is 12.8. The van der Waals surface area contributed by atoms with Crippen molar-refractivity contribution in [3.05, 3.63) is 21.5 Å². The van der Waals surface area contributed by atoms with Gasteiger partial charge >= 0.3 is 120 Å². The van der Waals surface area contributed by atoms with Gasteiger partial charge in [-0.1, -0.05) is 0 Å². The SMILES string of the molecule is CCC[CH2][Zr]([CH2]CCC)([CH2]CCC)[C]1=CC=CC1. The topological polar surface area (TPSA) is 0 Å². The first-order valence-corrected chi connectivity index (χ1v) is 14.6. The van der Waals surface area contributed by atoms with E-state index in [0.717, 1.165) is 0 Å². The molecular weight excluding hydrogens is 295 g/mol. The van der Waals surface area contributed by atoms with E-state index in [0.29, 0.717) is 0 Å². The third kappa shape index (κ3) is 4.80. The summed E-state index contributed by atoms with van der Waals surface area (Å²) in [5, 5.41) is 0. The Morgan fingerprint density at radius 3 is 1.72 bits per heavy atom. The number of hydrogen-bond donors (Lipinski definition) is 0. The number of rotatable bonds is 10. The van der Waals surface area contributed by atoms with Gasteiger partial charge in [-0.25, -0.2) is 0 Å². The molecule has 0 heterocycles. The molecule has 0 aromatic rings. The Kier molecular flexibility index (Phi) is 8.48. The van der Waals surface area contributed by atoms with Gasteiger partial charge in [-0.2, -0.15) is 0 Å². The van der Waals surface area contributed by atoms with E-state index in [2.05, 4.69) is 39.0 Å². The quantitative estimate of drug-likeness (QED) is 0.422. The zero-order valence-corrected chi connectivity index (χ0v) is 15.3. The van der Waals surface area contributed by atoms with Crippen LogP contribution in [0.1, 0.15) is 65.7 Å². The van der Waals surface area contributed by atoms with Crippen molar-refractivity contribution >= 4 is 0 Å². The first-order valence-electron chi connectivity index (χ1n) is 8.15. The molecule has 1 heteroatoms. The molecule has 0 aliphatic heterocycles. The number of allylic oxidation sites excluding steroid dienone is 4. The third-order valence-corrected chi connectivity index (χ3v) is 18.4. The van der Waals surface area contributed by atoms with Crippen molar-refractivity contribution in [3.63, 3.8) is 0 Å². The predicted octanol–water partition coefficient (Wildman–Crippen LogP) is 6.64. The fourth-order valence-electron chi connectivity index (χ4n) is 3.24. The van der Waals surface area contributed by atoms with Gasteiger partial charge in [-0.15, -0.1) is 0 Å². The molecule has 0 nitrogen and oxygen atoms in total. The molecule has 0 aromatic carbocycles. The van der Waals surface area contributed by atoms with E-state index in [1.54, 1.807) is 12.4 Å². The second kappa shape index (κ2) is 9.30. The first-order chi connectivity index (χ1) is 8.79. The number of hydrogen-bond acceptors (Lipinski definition) is 0. The van der Waals surface area contributed by atoms with Gasteiger partial charge in [-0.3, -0.25) is 0 Å². The maximum atomic E-state index is 2.51. The van der Waals surface area contributed by atoms with Crippen molar-refractivity contribution in [1.82, 2.24) is 0 Å². The predicted molar refractivity (Wildman–Crippen MR) is 81.0 cm³/mol. The van der Waals surface area contributed by atoms with Crippen LogP contribution in [0, 0.1) is 0 Å². The summed E-state index contributed by atoms with van der Waals surface area (Å²) in [5.41, 5.74) is 0. The zero-order chi connectivity index (χ0) is 13.3. The Morgan fingerprint density at radius 1 is 0.889 bits per heavy atom. The van der Waals surface area contributed by atoms with Gasteiger partial charge in [0.2, 0.25) is 0 Å². The van der Waals surface area contributed by atoms with Gasteiger partial charge in [0.15, 0.2) is 0 Å².